The highest BCUT2D eigenvalue weighted by Gasteiger charge is 2.54. The standard InChI is InChI=1S/C24H28FNO5/c1-16-11-13-19(14-12-16)20(26-22(29)31-23(3,4)5)24(25,17(2)27)21(28)30-15-18-9-7-6-8-10-18/h6-14,20H,15H2,1-5H3,(H,26,29)/t20-,24+/m0/s1. The molecule has 0 spiro atoms. The first-order valence-electron chi connectivity index (χ1n) is 9.90. The fourth-order valence-electron chi connectivity index (χ4n) is 2.89. The zero-order chi connectivity index (χ0) is 23.2. The van der Waals surface area contributed by atoms with Crippen molar-refractivity contribution in [1.29, 1.82) is 0 Å². The van der Waals surface area contributed by atoms with E-state index in [4.69, 9.17) is 9.47 Å². The first-order chi connectivity index (χ1) is 14.4. The van der Waals surface area contributed by atoms with Gasteiger partial charge in [0.05, 0.1) is 0 Å². The van der Waals surface area contributed by atoms with Gasteiger partial charge >= 0.3 is 12.1 Å². The molecule has 2 aromatic carbocycles. The summed E-state index contributed by atoms with van der Waals surface area (Å²) in [6, 6.07) is 13.5. The Kier molecular flexibility index (Phi) is 7.55. The predicted octanol–water partition coefficient (Wildman–Crippen LogP) is 4.60. The number of carbonyl (C=O) groups is 3. The molecule has 0 saturated carbocycles. The van der Waals surface area contributed by atoms with Gasteiger partial charge in [-0.15, -0.1) is 0 Å². The Morgan fingerprint density at radius 1 is 1.00 bits per heavy atom. The molecule has 0 bridgehead atoms. The molecule has 0 aromatic heterocycles. The number of Topliss-reactive ketones (excluding diaryl/α,β-unsaturated/α-hetero) is 1. The maximum Gasteiger partial charge on any atom is 0.408 e. The molecule has 0 saturated heterocycles. The van der Waals surface area contributed by atoms with Gasteiger partial charge in [-0.1, -0.05) is 60.2 Å². The van der Waals surface area contributed by atoms with Crippen LogP contribution in [-0.2, 0) is 25.7 Å². The Bertz CT molecular complexity index is 921. The fraction of sp³-hybridized carbons (Fsp3) is 0.375. The minimum Gasteiger partial charge on any atom is -0.458 e. The molecule has 0 heterocycles. The van der Waals surface area contributed by atoms with Crippen LogP contribution in [-0.4, -0.2) is 29.1 Å². The van der Waals surface area contributed by atoms with Crippen LogP contribution in [0, 0.1) is 6.92 Å². The van der Waals surface area contributed by atoms with Crippen LogP contribution in [0.5, 0.6) is 0 Å². The molecule has 2 aromatic rings. The first-order valence-corrected chi connectivity index (χ1v) is 9.90. The van der Waals surface area contributed by atoms with Gasteiger partial charge < -0.3 is 14.8 Å². The monoisotopic (exact) mass is 429 g/mol. The van der Waals surface area contributed by atoms with Gasteiger partial charge in [0, 0.05) is 0 Å². The highest BCUT2D eigenvalue weighted by molar-refractivity contribution is 6.07. The summed E-state index contributed by atoms with van der Waals surface area (Å²) >= 11 is 0. The summed E-state index contributed by atoms with van der Waals surface area (Å²) < 4.78 is 26.5. The van der Waals surface area contributed by atoms with Crippen molar-refractivity contribution in [2.45, 2.75) is 58.5 Å². The topological polar surface area (TPSA) is 81.7 Å². The number of alkyl carbamates (subject to hydrolysis) is 1. The van der Waals surface area contributed by atoms with E-state index in [0.29, 0.717) is 5.56 Å². The molecule has 0 aliphatic rings. The number of carbonyl (C=O) groups excluding carboxylic acids is 3. The summed E-state index contributed by atoms with van der Waals surface area (Å²) in [5.41, 5.74) is -2.26. The van der Waals surface area contributed by atoms with Crippen LogP contribution in [0.2, 0.25) is 0 Å². The van der Waals surface area contributed by atoms with Crippen molar-refractivity contribution in [1.82, 2.24) is 5.32 Å². The Morgan fingerprint density at radius 3 is 2.10 bits per heavy atom. The molecule has 1 amide bonds. The molecule has 1 N–H and O–H groups in total. The number of esters is 1. The molecule has 0 fully saturated rings. The minimum atomic E-state index is -3.15. The number of benzene rings is 2. The number of nitrogens with one attached hydrogen (secondary N) is 1. The van der Waals surface area contributed by atoms with Crippen LogP contribution < -0.4 is 5.32 Å². The molecular formula is C24H28FNO5. The normalized spacial score (nSPS) is 14.1. The van der Waals surface area contributed by atoms with Gasteiger partial charge in [-0.25, -0.2) is 14.0 Å². The van der Waals surface area contributed by atoms with Gasteiger partial charge in [0.15, 0.2) is 5.78 Å². The smallest absolute Gasteiger partial charge is 0.408 e. The van der Waals surface area contributed by atoms with Gasteiger partial charge in [0.25, 0.3) is 5.67 Å². The highest BCUT2D eigenvalue weighted by Crippen LogP contribution is 2.33. The van der Waals surface area contributed by atoms with Crippen LogP contribution in [0.3, 0.4) is 0 Å². The van der Waals surface area contributed by atoms with Crippen molar-refractivity contribution < 1.29 is 28.2 Å². The molecule has 166 valence electrons. The van der Waals surface area contributed by atoms with E-state index >= 15 is 4.39 Å². The van der Waals surface area contributed by atoms with Crippen molar-refractivity contribution >= 4 is 17.8 Å². The Balaban J connectivity index is 2.39. The van der Waals surface area contributed by atoms with E-state index in [0.717, 1.165) is 12.5 Å². The second-order valence-electron chi connectivity index (χ2n) is 8.32. The van der Waals surface area contributed by atoms with Gasteiger partial charge in [-0.3, -0.25) is 4.79 Å². The maximum atomic E-state index is 16.2. The molecule has 6 nitrogen and oxygen atoms in total. The van der Waals surface area contributed by atoms with E-state index < -0.39 is 35.2 Å². The summed E-state index contributed by atoms with van der Waals surface area (Å²) in [7, 11) is 0. The zero-order valence-electron chi connectivity index (χ0n) is 18.4. The molecule has 2 rings (SSSR count). The number of hydrogen-bond acceptors (Lipinski definition) is 5. The lowest BCUT2D eigenvalue weighted by atomic mass is 9.86. The lowest BCUT2D eigenvalue weighted by Gasteiger charge is -2.31. The number of halogens is 1. The Morgan fingerprint density at radius 2 is 1.58 bits per heavy atom. The van der Waals surface area contributed by atoms with Crippen molar-refractivity contribution in [3.63, 3.8) is 0 Å². The first kappa shape index (κ1) is 24.1. The van der Waals surface area contributed by atoms with E-state index in [9.17, 15) is 14.4 Å². The van der Waals surface area contributed by atoms with Crippen LogP contribution in [0.15, 0.2) is 54.6 Å². The van der Waals surface area contributed by atoms with Gasteiger partial charge in [0.1, 0.15) is 18.2 Å². The Hall–Kier alpha value is -3.22. The molecule has 0 radical (unpaired) electrons. The summed E-state index contributed by atoms with van der Waals surface area (Å²) in [5, 5.41) is 2.35. The molecule has 0 aliphatic carbocycles. The summed E-state index contributed by atoms with van der Waals surface area (Å²) in [6.45, 7) is 7.51. The maximum absolute atomic E-state index is 16.2. The van der Waals surface area contributed by atoms with Crippen molar-refractivity contribution in [2.75, 3.05) is 0 Å². The fourth-order valence-corrected chi connectivity index (χ4v) is 2.89. The Labute approximate surface area is 181 Å². The number of ketones is 1. The third-order valence-electron chi connectivity index (χ3n) is 4.49. The minimum absolute atomic E-state index is 0.217. The zero-order valence-corrected chi connectivity index (χ0v) is 18.4. The largest absolute Gasteiger partial charge is 0.458 e. The number of hydrogen-bond donors (Lipinski definition) is 1. The molecule has 2 atom stereocenters. The number of rotatable bonds is 7. The molecular weight excluding hydrogens is 401 g/mol. The lowest BCUT2D eigenvalue weighted by Crippen LogP contribution is -2.54. The van der Waals surface area contributed by atoms with E-state index in [1.807, 2.05) is 6.92 Å². The third kappa shape index (κ3) is 6.38. The average molecular weight is 429 g/mol. The van der Waals surface area contributed by atoms with Crippen LogP contribution in [0.1, 0.15) is 50.4 Å². The van der Waals surface area contributed by atoms with E-state index in [2.05, 4.69) is 5.32 Å². The van der Waals surface area contributed by atoms with Gasteiger partial charge in [-0.2, -0.15) is 0 Å². The van der Waals surface area contributed by atoms with Gasteiger partial charge in [0.2, 0.25) is 0 Å². The summed E-state index contributed by atoms with van der Waals surface area (Å²) in [4.78, 5) is 37.6. The molecule has 0 unspecified atom stereocenters. The highest BCUT2D eigenvalue weighted by atomic mass is 19.1. The van der Waals surface area contributed by atoms with Crippen molar-refractivity contribution in [3.05, 3.63) is 71.3 Å². The second kappa shape index (κ2) is 9.73. The summed E-state index contributed by atoms with van der Waals surface area (Å²) in [5.74, 6) is -2.47. The second-order valence-corrected chi connectivity index (χ2v) is 8.32. The lowest BCUT2D eigenvalue weighted by molar-refractivity contribution is -0.165. The van der Waals surface area contributed by atoms with E-state index in [1.54, 1.807) is 75.4 Å². The van der Waals surface area contributed by atoms with E-state index in [-0.39, 0.29) is 12.2 Å². The van der Waals surface area contributed by atoms with Gasteiger partial charge in [-0.05, 0) is 45.7 Å². The summed E-state index contributed by atoms with van der Waals surface area (Å²) in [6.07, 6.45) is -0.961. The molecule has 0 aliphatic heterocycles. The van der Waals surface area contributed by atoms with Crippen molar-refractivity contribution in [2.24, 2.45) is 0 Å². The quantitative estimate of drug-likeness (QED) is 0.514. The number of alkyl halides is 1. The number of amides is 1. The predicted molar refractivity (Wildman–Crippen MR) is 114 cm³/mol. The van der Waals surface area contributed by atoms with Crippen molar-refractivity contribution in [3.8, 4) is 0 Å². The number of ether oxygens (including phenoxy) is 2. The SMILES string of the molecule is CC(=O)[C@](F)(C(=O)OCc1ccccc1)[C@@H](NC(=O)OC(C)(C)C)c1ccc(C)cc1. The third-order valence-corrected chi connectivity index (χ3v) is 4.49. The average Bonchev–Trinajstić information content (AvgIpc) is 2.69. The molecule has 31 heavy (non-hydrogen) atoms. The van der Waals surface area contributed by atoms with E-state index in [1.165, 1.54) is 0 Å². The van der Waals surface area contributed by atoms with Crippen LogP contribution >= 0.6 is 0 Å². The van der Waals surface area contributed by atoms with Crippen LogP contribution in [0.25, 0.3) is 0 Å². The number of aryl methyl sites for hydroxylation is 1. The van der Waals surface area contributed by atoms with Crippen LogP contribution in [0.4, 0.5) is 9.18 Å². The molecule has 7 heteroatoms.